The van der Waals surface area contributed by atoms with Crippen LogP contribution in [-0.4, -0.2) is 15.7 Å². The summed E-state index contributed by atoms with van der Waals surface area (Å²) < 4.78 is 0. The Morgan fingerprint density at radius 2 is 2.05 bits per heavy atom. The van der Waals surface area contributed by atoms with E-state index in [4.69, 9.17) is 0 Å². The number of hydrogen-bond acceptors (Lipinski definition) is 3. The second-order valence-electron chi connectivity index (χ2n) is 4.98. The minimum absolute atomic E-state index is 0.0843. The number of nitro groups is 1. The lowest BCUT2D eigenvalue weighted by atomic mass is 10.0. The highest BCUT2D eigenvalue weighted by atomic mass is 32.2. The van der Waals surface area contributed by atoms with Crippen LogP contribution in [0.1, 0.15) is 23.3 Å². The minimum Gasteiger partial charge on any atom is -0.361 e. The summed E-state index contributed by atoms with van der Waals surface area (Å²) in [5.41, 5.74) is 3.36. The fraction of sp³-hybridized carbons (Fsp3) is 0.176. The number of nitro benzene ring substituents is 1. The Kier molecular flexibility index (Phi) is 4.15. The van der Waals surface area contributed by atoms with Gasteiger partial charge in [0.05, 0.1) is 10.2 Å². The summed E-state index contributed by atoms with van der Waals surface area (Å²) in [5, 5.41) is 12.3. The van der Waals surface area contributed by atoms with Gasteiger partial charge in [0.15, 0.2) is 0 Å². The van der Waals surface area contributed by atoms with Crippen LogP contribution in [0.4, 0.5) is 5.69 Å². The molecule has 1 heterocycles. The van der Waals surface area contributed by atoms with Gasteiger partial charge in [-0.25, -0.2) is 0 Å². The molecule has 0 saturated heterocycles. The van der Waals surface area contributed by atoms with Crippen LogP contribution in [0.15, 0.2) is 54.7 Å². The molecule has 0 aliphatic heterocycles. The van der Waals surface area contributed by atoms with E-state index in [1.54, 1.807) is 23.9 Å². The lowest BCUT2D eigenvalue weighted by Crippen LogP contribution is -1.98. The Bertz CT molecular complexity index is 813. The number of benzene rings is 2. The number of non-ortho nitro benzene ring substituents is 1. The Morgan fingerprint density at radius 1 is 1.23 bits per heavy atom. The normalized spacial score (nSPS) is 12.4. The van der Waals surface area contributed by atoms with E-state index in [1.165, 1.54) is 17.0 Å². The zero-order chi connectivity index (χ0) is 15.5. The highest BCUT2D eigenvalue weighted by Gasteiger charge is 2.19. The fourth-order valence-electron chi connectivity index (χ4n) is 2.64. The number of thioether (sulfide) groups is 1. The molecular formula is C17H16N2O2S. The molecule has 0 fully saturated rings. The summed E-state index contributed by atoms with van der Waals surface area (Å²) in [6.07, 6.45) is 2.01. The van der Waals surface area contributed by atoms with E-state index in [1.807, 2.05) is 30.5 Å². The highest BCUT2D eigenvalue weighted by molar-refractivity contribution is 7.99. The predicted octanol–water partition coefficient (Wildman–Crippen LogP) is 4.92. The first-order valence-corrected chi connectivity index (χ1v) is 8.17. The summed E-state index contributed by atoms with van der Waals surface area (Å²) in [6, 6.07) is 15.1. The average Bonchev–Trinajstić information content (AvgIpc) is 2.96. The third-order valence-electron chi connectivity index (χ3n) is 3.62. The first-order chi connectivity index (χ1) is 10.7. The molecule has 112 valence electrons. The zero-order valence-electron chi connectivity index (χ0n) is 12.2. The average molecular weight is 312 g/mol. The molecule has 3 aromatic rings. The van der Waals surface area contributed by atoms with Crippen molar-refractivity contribution >= 4 is 28.4 Å². The van der Waals surface area contributed by atoms with Gasteiger partial charge >= 0.3 is 0 Å². The van der Waals surface area contributed by atoms with E-state index < -0.39 is 0 Å². The smallest absolute Gasteiger partial charge is 0.269 e. The topological polar surface area (TPSA) is 58.9 Å². The fourth-order valence-corrected chi connectivity index (χ4v) is 3.69. The molecule has 5 heteroatoms. The maximum atomic E-state index is 11.0. The van der Waals surface area contributed by atoms with Crippen LogP contribution >= 0.6 is 11.8 Å². The van der Waals surface area contributed by atoms with Crippen molar-refractivity contribution in [3.63, 3.8) is 0 Å². The van der Waals surface area contributed by atoms with Gasteiger partial charge in [0, 0.05) is 29.2 Å². The second-order valence-corrected chi connectivity index (χ2v) is 6.36. The van der Waals surface area contributed by atoms with Crippen molar-refractivity contribution in [3.8, 4) is 0 Å². The Balaban J connectivity index is 2.10. The maximum Gasteiger partial charge on any atom is 0.269 e. The van der Waals surface area contributed by atoms with Crippen molar-refractivity contribution in [2.75, 3.05) is 5.75 Å². The number of aromatic amines is 1. The lowest BCUT2D eigenvalue weighted by molar-refractivity contribution is -0.384. The summed E-state index contributed by atoms with van der Waals surface area (Å²) in [4.78, 5) is 14.0. The number of nitrogens with one attached hydrogen (secondary N) is 1. The quantitative estimate of drug-likeness (QED) is 0.537. The summed E-state index contributed by atoms with van der Waals surface area (Å²) in [7, 11) is 0. The third-order valence-corrected chi connectivity index (χ3v) is 4.81. The molecule has 0 aliphatic carbocycles. The number of fused-ring (bicyclic) bond motifs is 1. The van der Waals surface area contributed by atoms with Gasteiger partial charge in [-0.15, -0.1) is 11.8 Å². The molecule has 1 atom stereocenters. The van der Waals surface area contributed by atoms with Gasteiger partial charge in [0.25, 0.3) is 5.69 Å². The molecule has 0 bridgehead atoms. The number of H-pyrrole nitrogens is 1. The van der Waals surface area contributed by atoms with Gasteiger partial charge in [-0.2, -0.15) is 0 Å². The third kappa shape index (κ3) is 2.72. The Hall–Kier alpha value is -2.27. The molecule has 0 radical (unpaired) electrons. The first-order valence-electron chi connectivity index (χ1n) is 7.12. The van der Waals surface area contributed by atoms with E-state index in [-0.39, 0.29) is 15.9 Å². The van der Waals surface area contributed by atoms with E-state index in [0.29, 0.717) is 0 Å². The molecule has 1 N–H and O–H groups in total. The van der Waals surface area contributed by atoms with Crippen molar-refractivity contribution in [2.24, 2.45) is 0 Å². The number of para-hydroxylation sites is 1. The molecule has 0 saturated carbocycles. The lowest BCUT2D eigenvalue weighted by Gasteiger charge is -2.16. The summed E-state index contributed by atoms with van der Waals surface area (Å²) in [6.45, 7) is 2.10. The zero-order valence-corrected chi connectivity index (χ0v) is 13.0. The van der Waals surface area contributed by atoms with Gasteiger partial charge < -0.3 is 4.98 Å². The molecule has 1 aromatic heterocycles. The van der Waals surface area contributed by atoms with Crippen molar-refractivity contribution in [1.29, 1.82) is 0 Å². The SMILES string of the molecule is CCSC(c1cccc([N+](=O)[O-])c1)c1c[nH]c2ccccc12. The molecule has 0 amide bonds. The van der Waals surface area contributed by atoms with E-state index >= 15 is 0 Å². The van der Waals surface area contributed by atoms with Gasteiger partial charge in [-0.1, -0.05) is 37.3 Å². The van der Waals surface area contributed by atoms with E-state index in [2.05, 4.69) is 18.0 Å². The largest absolute Gasteiger partial charge is 0.361 e. The van der Waals surface area contributed by atoms with E-state index in [0.717, 1.165) is 16.8 Å². The van der Waals surface area contributed by atoms with Crippen LogP contribution in [0.5, 0.6) is 0 Å². The standard InChI is InChI=1S/C17H16N2O2S/c1-2-22-17(12-6-5-7-13(10-12)19(20)21)15-11-18-16-9-4-3-8-14(15)16/h3-11,17-18H,2H2,1H3. The number of rotatable bonds is 5. The van der Waals surface area contributed by atoms with Gasteiger partial charge in [-0.05, 0) is 22.9 Å². The molecule has 22 heavy (non-hydrogen) atoms. The Morgan fingerprint density at radius 3 is 2.82 bits per heavy atom. The first kappa shape index (κ1) is 14.7. The van der Waals surface area contributed by atoms with Crippen LogP contribution in [0.25, 0.3) is 10.9 Å². The van der Waals surface area contributed by atoms with Gasteiger partial charge in [0.2, 0.25) is 0 Å². The van der Waals surface area contributed by atoms with Crippen molar-refractivity contribution in [2.45, 2.75) is 12.2 Å². The molecular weight excluding hydrogens is 296 g/mol. The molecule has 3 rings (SSSR count). The van der Waals surface area contributed by atoms with Crippen LogP contribution < -0.4 is 0 Å². The van der Waals surface area contributed by atoms with Crippen molar-refractivity contribution < 1.29 is 4.92 Å². The molecule has 4 nitrogen and oxygen atoms in total. The molecule has 0 aliphatic rings. The van der Waals surface area contributed by atoms with Crippen molar-refractivity contribution in [1.82, 2.24) is 4.98 Å². The molecule has 0 spiro atoms. The monoisotopic (exact) mass is 312 g/mol. The molecule has 1 unspecified atom stereocenters. The maximum absolute atomic E-state index is 11.0. The number of aromatic nitrogens is 1. The van der Waals surface area contributed by atoms with Gasteiger partial charge in [0.1, 0.15) is 0 Å². The van der Waals surface area contributed by atoms with Gasteiger partial charge in [-0.3, -0.25) is 10.1 Å². The van der Waals surface area contributed by atoms with Crippen LogP contribution in [-0.2, 0) is 0 Å². The number of nitrogens with zero attached hydrogens (tertiary/aromatic N) is 1. The second kappa shape index (κ2) is 6.23. The predicted molar refractivity (Wildman–Crippen MR) is 91.4 cm³/mol. The summed E-state index contributed by atoms with van der Waals surface area (Å²) >= 11 is 1.78. The van der Waals surface area contributed by atoms with Crippen LogP contribution in [0.2, 0.25) is 0 Å². The summed E-state index contributed by atoms with van der Waals surface area (Å²) in [5.74, 6) is 0.937. The number of hydrogen-bond donors (Lipinski definition) is 1. The highest BCUT2D eigenvalue weighted by Crippen LogP contribution is 2.39. The van der Waals surface area contributed by atoms with Crippen molar-refractivity contribution in [3.05, 3.63) is 76.0 Å². The minimum atomic E-state index is -0.341. The molecule has 2 aromatic carbocycles. The Labute approximate surface area is 132 Å². The van der Waals surface area contributed by atoms with Crippen LogP contribution in [0.3, 0.4) is 0 Å². The van der Waals surface area contributed by atoms with Crippen LogP contribution in [0, 0.1) is 10.1 Å². The van der Waals surface area contributed by atoms with E-state index in [9.17, 15) is 10.1 Å².